The van der Waals surface area contributed by atoms with E-state index in [1.165, 1.54) is 17.8 Å². The van der Waals surface area contributed by atoms with Gasteiger partial charge in [0.05, 0.1) is 5.69 Å². The van der Waals surface area contributed by atoms with E-state index in [9.17, 15) is 0 Å². The predicted molar refractivity (Wildman–Crippen MR) is 68.5 cm³/mol. The van der Waals surface area contributed by atoms with Crippen LogP contribution in [0.1, 0.15) is 51.4 Å². The van der Waals surface area contributed by atoms with Crippen molar-refractivity contribution < 1.29 is 0 Å². The smallest absolute Gasteiger partial charge is 0.0624 e. The minimum Gasteiger partial charge on any atom is -0.328 e. The first-order valence-electron chi connectivity index (χ1n) is 6.52. The highest BCUT2D eigenvalue weighted by Crippen LogP contribution is 2.10. The van der Waals surface area contributed by atoms with Crippen LogP contribution in [-0.4, -0.2) is 15.8 Å². The zero-order chi connectivity index (χ0) is 12.0. The maximum absolute atomic E-state index is 6.03. The fourth-order valence-electron chi connectivity index (χ4n) is 2.01. The lowest BCUT2D eigenvalue weighted by molar-refractivity contribution is 0.535. The number of rotatable bonds is 7. The van der Waals surface area contributed by atoms with Crippen molar-refractivity contribution in [3.05, 3.63) is 17.5 Å². The van der Waals surface area contributed by atoms with Crippen molar-refractivity contribution in [1.82, 2.24) is 9.78 Å². The maximum Gasteiger partial charge on any atom is 0.0624 e. The highest BCUT2D eigenvalue weighted by Gasteiger charge is 2.07. The van der Waals surface area contributed by atoms with E-state index in [1.807, 2.05) is 0 Å². The molecule has 0 fully saturated rings. The lowest BCUT2D eigenvalue weighted by Gasteiger charge is -2.10. The summed E-state index contributed by atoms with van der Waals surface area (Å²) in [7, 11) is 0. The zero-order valence-electron chi connectivity index (χ0n) is 10.9. The molecule has 1 aromatic heterocycles. The second-order valence-corrected chi connectivity index (χ2v) is 4.38. The molecular formula is C13H25N3. The lowest BCUT2D eigenvalue weighted by Crippen LogP contribution is -2.20. The minimum atomic E-state index is 0.343. The highest BCUT2D eigenvalue weighted by molar-refractivity contribution is 5.10. The highest BCUT2D eigenvalue weighted by atomic mass is 15.3. The van der Waals surface area contributed by atoms with Crippen molar-refractivity contribution in [3.63, 3.8) is 0 Å². The Morgan fingerprint density at radius 1 is 1.31 bits per heavy atom. The molecule has 92 valence electrons. The van der Waals surface area contributed by atoms with Crippen molar-refractivity contribution in [2.45, 2.75) is 65.5 Å². The quantitative estimate of drug-likeness (QED) is 0.772. The molecule has 16 heavy (non-hydrogen) atoms. The first kappa shape index (κ1) is 13.2. The van der Waals surface area contributed by atoms with E-state index < -0.39 is 0 Å². The van der Waals surface area contributed by atoms with Crippen LogP contribution < -0.4 is 5.73 Å². The summed E-state index contributed by atoms with van der Waals surface area (Å²) in [5, 5.41) is 4.55. The van der Waals surface area contributed by atoms with Gasteiger partial charge in [-0.2, -0.15) is 5.10 Å². The first-order chi connectivity index (χ1) is 7.71. The van der Waals surface area contributed by atoms with Gasteiger partial charge in [-0.25, -0.2) is 0 Å². The average Bonchev–Trinajstić information content (AvgIpc) is 2.69. The van der Waals surface area contributed by atoms with Crippen LogP contribution >= 0.6 is 0 Å². The Morgan fingerprint density at radius 2 is 2.06 bits per heavy atom. The van der Waals surface area contributed by atoms with Crippen molar-refractivity contribution in [2.24, 2.45) is 5.73 Å². The van der Waals surface area contributed by atoms with Gasteiger partial charge in [-0.1, -0.05) is 20.3 Å². The third kappa shape index (κ3) is 3.63. The molecular weight excluding hydrogens is 198 g/mol. The first-order valence-corrected chi connectivity index (χ1v) is 6.52. The third-order valence-corrected chi connectivity index (χ3v) is 3.01. The summed E-state index contributed by atoms with van der Waals surface area (Å²) >= 11 is 0. The standard InChI is InChI=1S/C13H25N3/c1-4-7-11(14)8-9-13-10-12(5-2)15-16(13)6-3/h10-11H,4-9,14H2,1-3H3. The van der Waals surface area contributed by atoms with Gasteiger partial charge in [0, 0.05) is 18.3 Å². The van der Waals surface area contributed by atoms with E-state index in [0.717, 1.165) is 32.2 Å². The summed E-state index contributed by atoms with van der Waals surface area (Å²) in [5.41, 5.74) is 8.57. The molecule has 1 atom stereocenters. The van der Waals surface area contributed by atoms with E-state index in [-0.39, 0.29) is 0 Å². The van der Waals surface area contributed by atoms with Crippen molar-refractivity contribution in [2.75, 3.05) is 0 Å². The van der Waals surface area contributed by atoms with Crippen LogP contribution in [0, 0.1) is 0 Å². The molecule has 0 saturated carbocycles. The Kier molecular flexibility index (Phi) is 5.53. The van der Waals surface area contributed by atoms with Crippen LogP contribution in [0.5, 0.6) is 0 Å². The molecule has 1 unspecified atom stereocenters. The van der Waals surface area contributed by atoms with E-state index in [2.05, 4.69) is 36.6 Å². The van der Waals surface area contributed by atoms with Crippen LogP contribution in [-0.2, 0) is 19.4 Å². The zero-order valence-corrected chi connectivity index (χ0v) is 10.9. The van der Waals surface area contributed by atoms with Gasteiger partial charge >= 0.3 is 0 Å². The number of hydrogen-bond acceptors (Lipinski definition) is 2. The molecule has 0 saturated heterocycles. The normalized spacial score (nSPS) is 13.0. The van der Waals surface area contributed by atoms with Gasteiger partial charge in [0.2, 0.25) is 0 Å². The molecule has 0 aliphatic rings. The molecule has 0 radical (unpaired) electrons. The van der Waals surface area contributed by atoms with Crippen LogP contribution in [0.2, 0.25) is 0 Å². The largest absolute Gasteiger partial charge is 0.328 e. The van der Waals surface area contributed by atoms with Gasteiger partial charge in [0.1, 0.15) is 0 Å². The van der Waals surface area contributed by atoms with Gasteiger partial charge < -0.3 is 5.73 Å². The monoisotopic (exact) mass is 223 g/mol. The van der Waals surface area contributed by atoms with Crippen LogP contribution in [0.4, 0.5) is 0 Å². The van der Waals surface area contributed by atoms with E-state index in [4.69, 9.17) is 5.73 Å². The van der Waals surface area contributed by atoms with Crippen LogP contribution in [0.15, 0.2) is 6.07 Å². The average molecular weight is 223 g/mol. The topological polar surface area (TPSA) is 43.8 Å². The Morgan fingerprint density at radius 3 is 2.62 bits per heavy atom. The second kappa shape index (κ2) is 6.69. The molecule has 3 heteroatoms. The Hall–Kier alpha value is -0.830. The number of aromatic nitrogens is 2. The molecule has 0 aromatic carbocycles. The van der Waals surface area contributed by atoms with E-state index >= 15 is 0 Å². The van der Waals surface area contributed by atoms with Crippen molar-refractivity contribution in [3.8, 4) is 0 Å². The number of hydrogen-bond donors (Lipinski definition) is 1. The molecule has 0 amide bonds. The van der Waals surface area contributed by atoms with Gasteiger partial charge in [-0.15, -0.1) is 0 Å². The summed E-state index contributed by atoms with van der Waals surface area (Å²) < 4.78 is 2.11. The minimum absolute atomic E-state index is 0.343. The predicted octanol–water partition coefficient (Wildman–Crippen LogP) is 2.53. The molecule has 0 bridgehead atoms. The fraction of sp³-hybridized carbons (Fsp3) is 0.769. The van der Waals surface area contributed by atoms with Gasteiger partial charge in [0.15, 0.2) is 0 Å². The Balaban J connectivity index is 2.54. The molecule has 0 aliphatic heterocycles. The molecule has 1 heterocycles. The van der Waals surface area contributed by atoms with Crippen LogP contribution in [0.3, 0.4) is 0 Å². The molecule has 0 aliphatic carbocycles. The summed E-state index contributed by atoms with van der Waals surface area (Å²) in [6.45, 7) is 7.43. The Labute approximate surface area is 99.0 Å². The van der Waals surface area contributed by atoms with Gasteiger partial charge in [-0.05, 0) is 38.7 Å². The van der Waals surface area contributed by atoms with E-state index in [1.54, 1.807) is 0 Å². The lowest BCUT2D eigenvalue weighted by atomic mass is 10.1. The summed E-state index contributed by atoms with van der Waals surface area (Å²) in [4.78, 5) is 0. The molecule has 1 aromatic rings. The van der Waals surface area contributed by atoms with E-state index in [0.29, 0.717) is 6.04 Å². The summed E-state index contributed by atoms with van der Waals surface area (Å²) in [6, 6.07) is 2.57. The molecule has 0 spiro atoms. The fourth-order valence-corrected chi connectivity index (χ4v) is 2.01. The second-order valence-electron chi connectivity index (χ2n) is 4.38. The van der Waals surface area contributed by atoms with Crippen molar-refractivity contribution >= 4 is 0 Å². The molecule has 2 N–H and O–H groups in total. The van der Waals surface area contributed by atoms with Gasteiger partial charge in [-0.3, -0.25) is 4.68 Å². The molecule has 1 rings (SSSR count). The van der Waals surface area contributed by atoms with Crippen molar-refractivity contribution in [1.29, 1.82) is 0 Å². The number of nitrogens with two attached hydrogens (primary N) is 1. The van der Waals surface area contributed by atoms with Crippen LogP contribution in [0.25, 0.3) is 0 Å². The number of aryl methyl sites for hydroxylation is 3. The summed E-state index contributed by atoms with van der Waals surface area (Å²) in [5.74, 6) is 0. The maximum atomic E-state index is 6.03. The van der Waals surface area contributed by atoms with Gasteiger partial charge in [0.25, 0.3) is 0 Å². The number of nitrogens with zero attached hydrogens (tertiary/aromatic N) is 2. The summed E-state index contributed by atoms with van der Waals surface area (Å²) in [6.07, 6.45) is 5.45. The SMILES string of the molecule is CCCC(N)CCc1cc(CC)nn1CC. The molecule has 3 nitrogen and oxygen atoms in total. The third-order valence-electron chi connectivity index (χ3n) is 3.01. The Bertz CT molecular complexity index is 304.